The van der Waals surface area contributed by atoms with Gasteiger partial charge < -0.3 is 4.57 Å². The summed E-state index contributed by atoms with van der Waals surface area (Å²) < 4.78 is 1.99. The van der Waals surface area contributed by atoms with Gasteiger partial charge in [-0.2, -0.15) is 0 Å². The highest BCUT2D eigenvalue weighted by Gasteiger charge is 2.02. The molecule has 0 saturated heterocycles. The van der Waals surface area contributed by atoms with Crippen LogP contribution in [0.25, 0.3) is 17.1 Å². The summed E-state index contributed by atoms with van der Waals surface area (Å²) in [5, 5.41) is 0. The minimum Gasteiger partial charge on any atom is -0.334 e. The van der Waals surface area contributed by atoms with Crippen LogP contribution >= 0.6 is 0 Å². The summed E-state index contributed by atoms with van der Waals surface area (Å²) in [6.45, 7) is 1.98. The topological polar surface area (TPSA) is 30.7 Å². The fraction of sp³-hybridized carbons (Fsp3) is 0.200. The van der Waals surface area contributed by atoms with Gasteiger partial charge in [0.25, 0.3) is 0 Å². The second kappa shape index (κ2) is 3.01. The van der Waals surface area contributed by atoms with Crippen molar-refractivity contribution in [2.45, 2.75) is 6.92 Å². The molecule has 2 aromatic rings. The molecule has 0 saturated carbocycles. The molecular formula is C10H11N3. The zero-order valence-corrected chi connectivity index (χ0v) is 7.73. The summed E-state index contributed by atoms with van der Waals surface area (Å²) in [4.78, 5) is 8.53. The van der Waals surface area contributed by atoms with Gasteiger partial charge in [-0.05, 0) is 19.1 Å². The zero-order chi connectivity index (χ0) is 9.26. The van der Waals surface area contributed by atoms with Crippen LogP contribution in [-0.2, 0) is 7.05 Å². The SMILES string of the molecule is CC=Cc1nccc2c1ncn2C. The highest BCUT2D eigenvalue weighted by atomic mass is 15.0. The molecule has 0 aliphatic rings. The second-order valence-corrected chi connectivity index (χ2v) is 2.92. The minimum atomic E-state index is 0.931. The van der Waals surface area contributed by atoms with Gasteiger partial charge in [0.05, 0.1) is 17.5 Å². The standard InChI is InChI=1S/C10H11N3/c1-3-4-8-10-9(5-6-11-8)13(2)7-12-10/h3-7H,1-2H3. The van der Waals surface area contributed by atoms with Gasteiger partial charge in [0.2, 0.25) is 0 Å². The van der Waals surface area contributed by atoms with Crippen molar-refractivity contribution in [3.8, 4) is 0 Å². The van der Waals surface area contributed by atoms with Gasteiger partial charge in [0.15, 0.2) is 0 Å². The van der Waals surface area contributed by atoms with Crippen molar-refractivity contribution in [2.24, 2.45) is 7.05 Å². The molecule has 0 aliphatic carbocycles. The summed E-state index contributed by atoms with van der Waals surface area (Å²) in [7, 11) is 1.98. The fourth-order valence-electron chi connectivity index (χ4n) is 1.36. The normalized spacial score (nSPS) is 11.5. The van der Waals surface area contributed by atoms with Crippen LogP contribution in [0.4, 0.5) is 0 Å². The Balaban J connectivity index is 2.76. The molecule has 66 valence electrons. The van der Waals surface area contributed by atoms with Crippen molar-refractivity contribution in [3.63, 3.8) is 0 Å². The van der Waals surface area contributed by atoms with Crippen molar-refractivity contribution >= 4 is 17.1 Å². The van der Waals surface area contributed by atoms with E-state index in [1.807, 2.05) is 36.8 Å². The third kappa shape index (κ3) is 1.22. The van der Waals surface area contributed by atoms with Gasteiger partial charge in [0, 0.05) is 13.2 Å². The van der Waals surface area contributed by atoms with Crippen LogP contribution in [-0.4, -0.2) is 14.5 Å². The first-order valence-electron chi connectivity index (χ1n) is 4.21. The van der Waals surface area contributed by atoms with E-state index < -0.39 is 0 Å². The summed E-state index contributed by atoms with van der Waals surface area (Å²) in [6, 6.07) is 1.97. The highest BCUT2D eigenvalue weighted by molar-refractivity contribution is 5.82. The van der Waals surface area contributed by atoms with Crippen LogP contribution in [0.3, 0.4) is 0 Å². The van der Waals surface area contributed by atoms with Gasteiger partial charge in [-0.15, -0.1) is 0 Å². The molecule has 0 amide bonds. The van der Waals surface area contributed by atoms with E-state index in [2.05, 4.69) is 9.97 Å². The molecule has 0 spiro atoms. The zero-order valence-electron chi connectivity index (χ0n) is 7.73. The van der Waals surface area contributed by atoms with Crippen LogP contribution in [0, 0.1) is 0 Å². The Morgan fingerprint density at radius 1 is 1.38 bits per heavy atom. The maximum atomic E-state index is 4.29. The first-order valence-corrected chi connectivity index (χ1v) is 4.21. The van der Waals surface area contributed by atoms with Gasteiger partial charge in [-0.3, -0.25) is 4.98 Å². The third-order valence-electron chi connectivity index (χ3n) is 2.00. The quantitative estimate of drug-likeness (QED) is 0.660. The number of hydrogen-bond donors (Lipinski definition) is 0. The van der Waals surface area contributed by atoms with Crippen molar-refractivity contribution in [2.75, 3.05) is 0 Å². The monoisotopic (exact) mass is 173 g/mol. The number of nitrogens with zero attached hydrogens (tertiary/aromatic N) is 3. The molecule has 0 aliphatic heterocycles. The first kappa shape index (κ1) is 7.98. The molecule has 2 heterocycles. The lowest BCUT2D eigenvalue weighted by atomic mass is 10.3. The Hall–Kier alpha value is -1.64. The Labute approximate surface area is 76.7 Å². The summed E-state index contributed by atoms with van der Waals surface area (Å²) in [5.74, 6) is 0. The predicted octanol–water partition coefficient (Wildman–Crippen LogP) is 2.00. The number of fused-ring (bicyclic) bond motifs is 1. The lowest BCUT2D eigenvalue weighted by Crippen LogP contribution is -1.86. The van der Waals surface area contributed by atoms with Gasteiger partial charge in [0.1, 0.15) is 5.52 Å². The van der Waals surface area contributed by atoms with E-state index >= 15 is 0 Å². The molecular weight excluding hydrogens is 162 g/mol. The summed E-state index contributed by atoms with van der Waals surface area (Å²) in [5.41, 5.74) is 3.01. The lowest BCUT2D eigenvalue weighted by molar-refractivity contribution is 0.947. The van der Waals surface area contributed by atoms with E-state index in [4.69, 9.17) is 0 Å². The lowest BCUT2D eigenvalue weighted by Gasteiger charge is -1.95. The first-order chi connectivity index (χ1) is 6.33. The van der Waals surface area contributed by atoms with E-state index in [0.717, 1.165) is 16.7 Å². The smallest absolute Gasteiger partial charge is 0.114 e. The number of hydrogen-bond acceptors (Lipinski definition) is 2. The molecule has 0 unspecified atom stereocenters. The van der Waals surface area contributed by atoms with Crippen molar-refractivity contribution in [1.29, 1.82) is 0 Å². The average molecular weight is 173 g/mol. The number of aryl methyl sites for hydroxylation is 1. The van der Waals surface area contributed by atoms with Gasteiger partial charge in [-0.25, -0.2) is 4.98 Å². The molecule has 3 nitrogen and oxygen atoms in total. The molecule has 2 rings (SSSR count). The fourth-order valence-corrected chi connectivity index (χ4v) is 1.36. The Morgan fingerprint density at radius 2 is 2.23 bits per heavy atom. The molecule has 0 radical (unpaired) electrons. The van der Waals surface area contributed by atoms with E-state index in [1.165, 1.54) is 0 Å². The molecule has 0 aromatic carbocycles. The largest absolute Gasteiger partial charge is 0.334 e. The Kier molecular flexibility index (Phi) is 1.85. The van der Waals surface area contributed by atoms with Crippen molar-refractivity contribution in [1.82, 2.24) is 14.5 Å². The number of allylic oxidation sites excluding steroid dienone is 1. The number of rotatable bonds is 1. The van der Waals surface area contributed by atoms with Crippen LogP contribution in [0.5, 0.6) is 0 Å². The molecule has 13 heavy (non-hydrogen) atoms. The second-order valence-electron chi connectivity index (χ2n) is 2.92. The Morgan fingerprint density at radius 3 is 3.00 bits per heavy atom. The van der Waals surface area contributed by atoms with E-state index in [9.17, 15) is 0 Å². The average Bonchev–Trinajstić information content (AvgIpc) is 2.50. The Bertz CT molecular complexity index is 454. The van der Waals surface area contributed by atoms with E-state index in [-0.39, 0.29) is 0 Å². The minimum absolute atomic E-state index is 0.931. The van der Waals surface area contributed by atoms with Gasteiger partial charge >= 0.3 is 0 Å². The molecule has 0 fully saturated rings. The molecule has 2 aromatic heterocycles. The maximum Gasteiger partial charge on any atom is 0.114 e. The molecule has 0 bridgehead atoms. The van der Waals surface area contributed by atoms with Crippen LogP contribution in [0.15, 0.2) is 24.7 Å². The number of pyridine rings is 1. The number of imidazole rings is 1. The molecule has 0 N–H and O–H groups in total. The van der Waals surface area contributed by atoms with E-state index in [0.29, 0.717) is 0 Å². The van der Waals surface area contributed by atoms with Crippen molar-refractivity contribution < 1.29 is 0 Å². The molecule has 3 heteroatoms. The summed E-state index contributed by atoms with van der Waals surface area (Å²) in [6.07, 6.45) is 7.55. The van der Waals surface area contributed by atoms with Crippen LogP contribution < -0.4 is 0 Å². The maximum absolute atomic E-state index is 4.29. The highest BCUT2D eigenvalue weighted by Crippen LogP contribution is 2.14. The number of aromatic nitrogens is 3. The van der Waals surface area contributed by atoms with Gasteiger partial charge in [-0.1, -0.05) is 6.08 Å². The van der Waals surface area contributed by atoms with Crippen LogP contribution in [0.2, 0.25) is 0 Å². The third-order valence-corrected chi connectivity index (χ3v) is 2.00. The van der Waals surface area contributed by atoms with Crippen molar-refractivity contribution in [3.05, 3.63) is 30.4 Å². The summed E-state index contributed by atoms with van der Waals surface area (Å²) >= 11 is 0. The molecule has 0 atom stereocenters. The predicted molar refractivity (Wildman–Crippen MR) is 53.2 cm³/mol. The van der Waals surface area contributed by atoms with E-state index in [1.54, 1.807) is 12.5 Å². The van der Waals surface area contributed by atoms with Crippen LogP contribution in [0.1, 0.15) is 12.6 Å².